The van der Waals surface area contributed by atoms with Crippen molar-refractivity contribution in [3.8, 4) is 0 Å². The summed E-state index contributed by atoms with van der Waals surface area (Å²) in [6.45, 7) is 0.0944. The van der Waals surface area contributed by atoms with Crippen molar-refractivity contribution in [3.05, 3.63) is 28.2 Å². The Kier molecular flexibility index (Phi) is 3.71. The van der Waals surface area contributed by atoms with Gasteiger partial charge in [0.05, 0.1) is 0 Å². The molecule has 13 heavy (non-hydrogen) atoms. The summed E-state index contributed by atoms with van der Waals surface area (Å²) in [4.78, 5) is 0. The highest BCUT2D eigenvalue weighted by molar-refractivity contribution is 9.10. The largest absolute Gasteiger partial charge is 0.398 e. The molecule has 0 saturated heterocycles. The number of hydrogen-bond acceptors (Lipinski definition) is 3. The minimum absolute atomic E-state index is 0.0944. The molecule has 0 spiro atoms. The average Bonchev–Trinajstić information content (AvgIpc) is 2.10. The molecule has 0 heterocycles. The molecule has 0 bridgehead atoms. The van der Waals surface area contributed by atoms with Gasteiger partial charge in [0.2, 0.25) is 0 Å². The molecule has 0 aromatic heterocycles. The summed E-state index contributed by atoms with van der Waals surface area (Å²) in [5.74, 6) is 0. The first-order chi connectivity index (χ1) is 6.15. The monoisotopic (exact) mass is 244 g/mol. The molecule has 3 nitrogen and oxygen atoms in total. The lowest BCUT2D eigenvalue weighted by Gasteiger charge is -2.11. The van der Waals surface area contributed by atoms with E-state index in [1.54, 1.807) is 0 Å². The third kappa shape index (κ3) is 2.69. The second-order valence-corrected chi connectivity index (χ2v) is 3.75. The Labute approximate surface area is 85.9 Å². The van der Waals surface area contributed by atoms with Gasteiger partial charge in [0.25, 0.3) is 0 Å². The summed E-state index contributed by atoms with van der Waals surface area (Å²) in [5, 5.41) is 8.70. The van der Waals surface area contributed by atoms with Crippen molar-refractivity contribution < 1.29 is 5.11 Å². The van der Waals surface area contributed by atoms with E-state index in [-0.39, 0.29) is 12.6 Å². The van der Waals surface area contributed by atoms with E-state index in [0.717, 1.165) is 10.0 Å². The Hall–Kier alpha value is -0.580. The molecule has 5 N–H and O–H groups in total. The van der Waals surface area contributed by atoms with Crippen molar-refractivity contribution in [2.45, 2.75) is 12.5 Å². The van der Waals surface area contributed by atoms with Gasteiger partial charge in [-0.25, -0.2) is 0 Å². The normalized spacial score (nSPS) is 12.8. The number of hydrogen-bond donors (Lipinski definition) is 3. The van der Waals surface area contributed by atoms with Crippen LogP contribution in [0, 0.1) is 0 Å². The van der Waals surface area contributed by atoms with Crippen molar-refractivity contribution in [2.75, 3.05) is 12.3 Å². The van der Waals surface area contributed by atoms with E-state index in [1.165, 1.54) is 0 Å². The topological polar surface area (TPSA) is 72.3 Å². The molecule has 1 aromatic carbocycles. The molecule has 0 aliphatic rings. The molecule has 1 unspecified atom stereocenters. The van der Waals surface area contributed by atoms with Crippen LogP contribution >= 0.6 is 15.9 Å². The Balaban J connectivity index is 2.84. The number of aliphatic hydroxyl groups is 1. The zero-order valence-corrected chi connectivity index (χ0v) is 8.79. The Morgan fingerprint density at radius 2 is 2.15 bits per heavy atom. The molecular formula is C9H13BrN2O. The minimum Gasteiger partial charge on any atom is -0.398 e. The first-order valence-electron chi connectivity index (χ1n) is 4.06. The first kappa shape index (κ1) is 10.5. The molecule has 1 aromatic rings. The molecule has 0 aliphatic heterocycles. The number of aliphatic hydroxyl groups excluding tert-OH is 1. The molecular weight excluding hydrogens is 232 g/mol. The van der Waals surface area contributed by atoms with Crippen LogP contribution in [0.25, 0.3) is 0 Å². The van der Waals surface area contributed by atoms with E-state index in [0.29, 0.717) is 12.1 Å². The van der Waals surface area contributed by atoms with Gasteiger partial charge < -0.3 is 16.6 Å². The number of halogens is 1. The van der Waals surface area contributed by atoms with Gasteiger partial charge in [-0.3, -0.25) is 0 Å². The van der Waals surface area contributed by atoms with Gasteiger partial charge in [-0.1, -0.05) is 6.07 Å². The van der Waals surface area contributed by atoms with Crippen LogP contribution in [-0.4, -0.2) is 11.7 Å². The van der Waals surface area contributed by atoms with Gasteiger partial charge in [0.15, 0.2) is 0 Å². The van der Waals surface area contributed by atoms with Crippen molar-refractivity contribution in [1.29, 1.82) is 0 Å². The standard InChI is InChI=1S/C9H13BrN2O/c10-7-2-1-6(5-9(7)12)8(11)3-4-13/h1-2,5,8,13H,3-4,11-12H2. The molecule has 0 aliphatic carbocycles. The Morgan fingerprint density at radius 3 is 2.69 bits per heavy atom. The van der Waals surface area contributed by atoms with Crippen molar-refractivity contribution >= 4 is 21.6 Å². The Bertz CT molecular complexity index is 291. The molecule has 0 saturated carbocycles. The Morgan fingerprint density at radius 1 is 1.46 bits per heavy atom. The van der Waals surface area contributed by atoms with E-state index in [9.17, 15) is 0 Å². The molecule has 0 amide bonds. The van der Waals surface area contributed by atoms with Gasteiger partial charge in [-0.15, -0.1) is 0 Å². The van der Waals surface area contributed by atoms with E-state index in [4.69, 9.17) is 16.6 Å². The molecule has 1 atom stereocenters. The number of rotatable bonds is 3. The summed E-state index contributed by atoms with van der Waals surface area (Å²) >= 11 is 3.30. The second kappa shape index (κ2) is 4.60. The van der Waals surface area contributed by atoms with Crippen LogP contribution < -0.4 is 11.5 Å². The van der Waals surface area contributed by atoms with Crippen LogP contribution in [0.3, 0.4) is 0 Å². The smallest absolute Gasteiger partial charge is 0.0461 e. The predicted octanol–water partition coefficient (Wildman–Crippen LogP) is 1.41. The highest BCUT2D eigenvalue weighted by atomic mass is 79.9. The van der Waals surface area contributed by atoms with Gasteiger partial charge in [-0.05, 0) is 40.0 Å². The second-order valence-electron chi connectivity index (χ2n) is 2.90. The SMILES string of the molecule is Nc1cc(C(N)CCO)ccc1Br. The van der Waals surface area contributed by atoms with Crippen LogP contribution in [0.5, 0.6) is 0 Å². The van der Waals surface area contributed by atoms with E-state index >= 15 is 0 Å². The number of benzene rings is 1. The maximum absolute atomic E-state index is 8.70. The lowest BCUT2D eigenvalue weighted by Crippen LogP contribution is -2.12. The van der Waals surface area contributed by atoms with E-state index < -0.39 is 0 Å². The van der Waals surface area contributed by atoms with Crippen molar-refractivity contribution in [2.24, 2.45) is 5.73 Å². The van der Waals surface area contributed by atoms with E-state index in [2.05, 4.69) is 15.9 Å². The zero-order chi connectivity index (χ0) is 9.84. The number of anilines is 1. The molecule has 0 radical (unpaired) electrons. The molecule has 0 fully saturated rings. The summed E-state index contributed by atoms with van der Waals surface area (Å²) in [6.07, 6.45) is 0.557. The third-order valence-electron chi connectivity index (χ3n) is 1.89. The highest BCUT2D eigenvalue weighted by Gasteiger charge is 2.06. The molecule has 1 rings (SSSR count). The summed E-state index contributed by atoms with van der Waals surface area (Å²) in [6, 6.07) is 5.45. The maximum atomic E-state index is 8.70. The van der Waals surface area contributed by atoms with E-state index in [1.807, 2.05) is 18.2 Å². The fourth-order valence-corrected chi connectivity index (χ4v) is 1.35. The summed E-state index contributed by atoms with van der Waals surface area (Å²) in [5.41, 5.74) is 13.1. The molecule has 4 heteroatoms. The molecule has 72 valence electrons. The van der Waals surface area contributed by atoms with Crippen LogP contribution in [0.4, 0.5) is 5.69 Å². The van der Waals surface area contributed by atoms with Crippen LogP contribution in [-0.2, 0) is 0 Å². The highest BCUT2D eigenvalue weighted by Crippen LogP contribution is 2.23. The van der Waals surface area contributed by atoms with Gasteiger partial charge >= 0.3 is 0 Å². The fourth-order valence-electron chi connectivity index (χ4n) is 1.10. The minimum atomic E-state index is -0.139. The average molecular weight is 245 g/mol. The summed E-state index contributed by atoms with van der Waals surface area (Å²) < 4.78 is 0.868. The lowest BCUT2D eigenvalue weighted by atomic mass is 10.0. The van der Waals surface area contributed by atoms with Crippen molar-refractivity contribution in [1.82, 2.24) is 0 Å². The lowest BCUT2D eigenvalue weighted by molar-refractivity contribution is 0.276. The summed E-state index contributed by atoms with van der Waals surface area (Å²) in [7, 11) is 0. The van der Waals surface area contributed by atoms with Crippen molar-refractivity contribution in [3.63, 3.8) is 0 Å². The van der Waals surface area contributed by atoms with Crippen LogP contribution in [0.15, 0.2) is 22.7 Å². The third-order valence-corrected chi connectivity index (χ3v) is 2.61. The predicted molar refractivity (Wildman–Crippen MR) is 57.2 cm³/mol. The van der Waals surface area contributed by atoms with Gasteiger partial charge in [0, 0.05) is 22.8 Å². The fraction of sp³-hybridized carbons (Fsp3) is 0.333. The maximum Gasteiger partial charge on any atom is 0.0461 e. The first-order valence-corrected chi connectivity index (χ1v) is 4.86. The quantitative estimate of drug-likeness (QED) is 0.705. The van der Waals surface area contributed by atoms with Crippen LogP contribution in [0.2, 0.25) is 0 Å². The van der Waals surface area contributed by atoms with Gasteiger partial charge in [0.1, 0.15) is 0 Å². The number of nitrogens with two attached hydrogens (primary N) is 2. The zero-order valence-electron chi connectivity index (χ0n) is 7.20. The number of nitrogen functional groups attached to an aromatic ring is 1. The van der Waals surface area contributed by atoms with Crippen LogP contribution in [0.1, 0.15) is 18.0 Å². The van der Waals surface area contributed by atoms with Gasteiger partial charge in [-0.2, -0.15) is 0 Å².